The minimum atomic E-state index is -0.431. The largest absolute Gasteiger partial charge is 0.361 e. The van der Waals surface area contributed by atoms with Crippen LogP contribution in [-0.2, 0) is 6.42 Å². The minimum Gasteiger partial charge on any atom is -0.361 e. The fraction of sp³-hybridized carbons (Fsp3) is 0.278. The zero-order valence-corrected chi connectivity index (χ0v) is 12.7. The van der Waals surface area contributed by atoms with Gasteiger partial charge in [-0.2, -0.15) is 0 Å². The van der Waals surface area contributed by atoms with Gasteiger partial charge in [0, 0.05) is 54.2 Å². The molecule has 1 aliphatic heterocycles. The molecule has 23 heavy (non-hydrogen) atoms. The van der Waals surface area contributed by atoms with Crippen molar-refractivity contribution in [3.63, 3.8) is 0 Å². The van der Waals surface area contributed by atoms with Crippen LogP contribution < -0.4 is 5.32 Å². The van der Waals surface area contributed by atoms with E-state index >= 15 is 0 Å². The molecule has 0 spiro atoms. The molecular weight excluding hydrogens is 288 g/mol. The summed E-state index contributed by atoms with van der Waals surface area (Å²) < 4.78 is 0. The third-order valence-corrected chi connectivity index (χ3v) is 4.68. The molecule has 0 radical (unpaired) electrons. The van der Waals surface area contributed by atoms with Gasteiger partial charge < -0.3 is 10.3 Å². The van der Waals surface area contributed by atoms with Crippen molar-refractivity contribution in [2.24, 2.45) is 5.41 Å². The van der Waals surface area contributed by atoms with Crippen LogP contribution in [0, 0.1) is 5.41 Å². The van der Waals surface area contributed by atoms with E-state index in [1.165, 1.54) is 0 Å². The number of carbonyl (C=O) groups excluding carboxylic acids is 1. The summed E-state index contributed by atoms with van der Waals surface area (Å²) in [6.07, 6.45) is 8.44. The minimum absolute atomic E-state index is 0.191. The fourth-order valence-corrected chi connectivity index (χ4v) is 3.44. The molecular formula is C18H18N4O. The molecule has 3 aromatic rings. The highest BCUT2D eigenvalue weighted by atomic mass is 16.1. The molecule has 1 unspecified atom stereocenters. The Bertz CT molecular complexity index is 834. The molecule has 2 aromatic heterocycles. The van der Waals surface area contributed by atoms with Crippen LogP contribution in [0.15, 0.2) is 49.1 Å². The van der Waals surface area contributed by atoms with Gasteiger partial charge in [-0.1, -0.05) is 0 Å². The molecule has 116 valence electrons. The Morgan fingerprint density at radius 1 is 1.26 bits per heavy atom. The lowest BCUT2D eigenvalue weighted by molar-refractivity contribution is 0.0814. The maximum Gasteiger partial charge on any atom is 0.170 e. The second-order valence-electron chi connectivity index (χ2n) is 6.19. The van der Waals surface area contributed by atoms with Gasteiger partial charge in [0.05, 0.1) is 11.1 Å². The van der Waals surface area contributed by atoms with Crippen molar-refractivity contribution < 1.29 is 4.79 Å². The van der Waals surface area contributed by atoms with Crippen LogP contribution in [-0.4, -0.2) is 33.8 Å². The lowest BCUT2D eigenvalue weighted by atomic mass is 9.76. The van der Waals surface area contributed by atoms with Gasteiger partial charge in [0.15, 0.2) is 5.78 Å². The second-order valence-corrected chi connectivity index (χ2v) is 6.19. The van der Waals surface area contributed by atoms with Crippen LogP contribution in [0.1, 0.15) is 22.5 Å². The SMILES string of the molecule is O=C(c1ccc2[nH]ccc2c1)C1(Cc2cnccn2)CCNC1. The summed E-state index contributed by atoms with van der Waals surface area (Å²) in [6.45, 7) is 1.55. The molecule has 1 saturated heterocycles. The maximum absolute atomic E-state index is 13.2. The lowest BCUT2D eigenvalue weighted by Crippen LogP contribution is -2.36. The van der Waals surface area contributed by atoms with Crippen molar-refractivity contribution in [3.05, 3.63) is 60.3 Å². The molecule has 1 atom stereocenters. The standard InChI is InChI=1S/C18H18N4O/c23-17(14-1-2-16-13(9-14)3-5-22-16)18(4-6-20-12-18)10-15-11-19-7-8-21-15/h1-3,5,7-9,11,20,22H,4,6,10,12H2. The molecule has 3 heterocycles. The van der Waals surface area contributed by atoms with Crippen molar-refractivity contribution in [2.75, 3.05) is 13.1 Å². The quantitative estimate of drug-likeness (QED) is 0.726. The van der Waals surface area contributed by atoms with Crippen LogP contribution in [0.2, 0.25) is 0 Å². The van der Waals surface area contributed by atoms with E-state index in [0.717, 1.165) is 35.1 Å². The van der Waals surface area contributed by atoms with E-state index in [-0.39, 0.29) is 5.78 Å². The Labute approximate surface area is 134 Å². The Balaban J connectivity index is 1.70. The molecule has 0 bridgehead atoms. The summed E-state index contributed by atoms with van der Waals surface area (Å²) >= 11 is 0. The number of aromatic nitrogens is 3. The van der Waals surface area contributed by atoms with Crippen molar-refractivity contribution >= 4 is 16.7 Å². The number of benzene rings is 1. The van der Waals surface area contributed by atoms with Crippen LogP contribution >= 0.6 is 0 Å². The van der Waals surface area contributed by atoms with Gasteiger partial charge in [-0.05, 0) is 37.2 Å². The highest BCUT2D eigenvalue weighted by Crippen LogP contribution is 2.34. The van der Waals surface area contributed by atoms with Gasteiger partial charge in [-0.25, -0.2) is 0 Å². The van der Waals surface area contributed by atoms with E-state index < -0.39 is 5.41 Å². The third-order valence-electron chi connectivity index (χ3n) is 4.68. The number of aromatic amines is 1. The molecule has 1 aromatic carbocycles. The summed E-state index contributed by atoms with van der Waals surface area (Å²) in [7, 11) is 0. The summed E-state index contributed by atoms with van der Waals surface area (Å²) in [4.78, 5) is 24.9. The normalized spacial score (nSPS) is 20.9. The first kappa shape index (κ1) is 14.1. The van der Waals surface area contributed by atoms with Gasteiger partial charge in [-0.15, -0.1) is 0 Å². The predicted molar refractivity (Wildman–Crippen MR) is 88.3 cm³/mol. The average Bonchev–Trinajstić information content (AvgIpc) is 3.24. The number of ketones is 1. The number of hydrogen-bond acceptors (Lipinski definition) is 4. The smallest absolute Gasteiger partial charge is 0.170 e. The van der Waals surface area contributed by atoms with E-state index in [9.17, 15) is 4.79 Å². The number of fused-ring (bicyclic) bond motifs is 1. The molecule has 0 saturated carbocycles. The molecule has 0 aliphatic carbocycles. The van der Waals surface area contributed by atoms with Gasteiger partial charge >= 0.3 is 0 Å². The molecule has 1 aliphatic rings. The van der Waals surface area contributed by atoms with Gasteiger partial charge in [0.1, 0.15) is 0 Å². The number of Topliss-reactive ketones (excluding diaryl/α,β-unsaturated/α-hetero) is 1. The van der Waals surface area contributed by atoms with E-state index in [4.69, 9.17) is 0 Å². The van der Waals surface area contributed by atoms with Crippen molar-refractivity contribution in [2.45, 2.75) is 12.8 Å². The number of H-pyrrole nitrogens is 1. The molecule has 5 heteroatoms. The summed E-state index contributed by atoms with van der Waals surface area (Å²) in [5.74, 6) is 0.191. The Hall–Kier alpha value is -2.53. The van der Waals surface area contributed by atoms with Crippen LogP contribution in [0.5, 0.6) is 0 Å². The van der Waals surface area contributed by atoms with Gasteiger partial charge in [0.25, 0.3) is 0 Å². The molecule has 5 nitrogen and oxygen atoms in total. The van der Waals surface area contributed by atoms with Gasteiger partial charge in [-0.3, -0.25) is 14.8 Å². The predicted octanol–water partition coefficient (Wildman–Crippen LogP) is 2.36. The Morgan fingerprint density at radius 3 is 3.00 bits per heavy atom. The molecule has 0 amide bonds. The fourth-order valence-electron chi connectivity index (χ4n) is 3.44. The zero-order valence-electron chi connectivity index (χ0n) is 12.7. The topological polar surface area (TPSA) is 70.7 Å². The first-order valence-electron chi connectivity index (χ1n) is 7.84. The lowest BCUT2D eigenvalue weighted by Gasteiger charge is -2.26. The van der Waals surface area contributed by atoms with Gasteiger partial charge in [0.2, 0.25) is 0 Å². The Kier molecular flexibility index (Phi) is 3.42. The Morgan fingerprint density at radius 2 is 2.22 bits per heavy atom. The van der Waals surface area contributed by atoms with Crippen LogP contribution in [0.4, 0.5) is 0 Å². The zero-order chi connectivity index (χ0) is 15.7. The molecule has 4 rings (SSSR count). The average molecular weight is 306 g/mol. The van der Waals surface area contributed by atoms with Crippen LogP contribution in [0.3, 0.4) is 0 Å². The maximum atomic E-state index is 13.2. The number of rotatable bonds is 4. The molecule has 1 fully saturated rings. The summed E-state index contributed by atoms with van der Waals surface area (Å²) in [6, 6.07) is 7.86. The van der Waals surface area contributed by atoms with Crippen LogP contribution in [0.25, 0.3) is 10.9 Å². The first-order valence-corrected chi connectivity index (χ1v) is 7.84. The number of hydrogen-bond donors (Lipinski definition) is 2. The van der Waals surface area contributed by atoms with Crippen molar-refractivity contribution in [1.29, 1.82) is 0 Å². The highest BCUT2D eigenvalue weighted by molar-refractivity contribution is 6.03. The van der Waals surface area contributed by atoms with E-state index in [2.05, 4.69) is 20.3 Å². The highest BCUT2D eigenvalue weighted by Gasteiger charge is 2.42. The second kappa shape index (κ2) is 5.59. The van der Waals surface area contributed by atoms with E-state index in [1.807, 2.05) is 30.5 Å². The summed E-state index contributed by atoms with van der Waals surface area (Å²) in [5.41, 5.74) is 2.26. The number of carbonyl (C=O) groups is 1. The number of nitrogens with zero attached hydrogens (tertiary/aromatic N) is 2. The van der Waals surface area contributed by atoms with Crippen molar-refractivity contribution in [1.82, 2.24) is 20.3 Å². The van der Waals surface area contributed by atoms with E-state index in [0.29, 0.717) is 13.0 Å². The van der Waals surface area contributed by atoms with Crippen molar-refractivity contribution in [3.8, 4) is 0 Å². The summed E-state index contributed by atoms with van der Waals surface area (Å²) in [5, 5.41) is 4.41. The number of nitrogens with one attached hydrogen (secondary N) is 2. The molecule has 2 N–H and O–H groups in total. The van der Waals surface area contributed by atoms with E-state index in [1.54, 1.807) is 18.6 Å². The third kappa shape index (κ3) is 2.53. The first-order chi connectivity index (χ1) is 11.3. The monoisotopic (exact) mass is 306 g/mol.